The highest BCUT2D eigenvalue weighted by Gasteiger charge is 2.51. The lowest BCUT2D eigenvalue weighted by atomic mass is 10.0. The third-order valence-electron chi connectivity index (χ3n) is 24.8. The highest BCUT2D eigenvalue weighted by Crippen LogP contribution is 2.47. The second-order valence-corrected chi connectivity index (χ2v) is 67.2. The summed E-state index contributed by atoms with van der Waals surface area (Å²) in [4.78, 5) is 154. The summed E-state index contributed by atoms with van der Waals surface area (Å²) in [7, 11) is 2.90. The molecule has 0 bridgehead atoms. The number of aliphatic hydroxyl groups excluding tert-OH is 12. The van der Waals surface area contributed by atoms with Crippen LogP contribution < -0.4 is 67.5 Å². The molecule has 12 rings (SSSR count). The molecule has 17 N–H and O–H groups in total. The molecule has 0 aromatic carbocycles. The zero-order valence-corrected chi connectivity index (χ0v) is 90.0. The molecule has 800 valence electrons. The van der Waals surface area contributed by atoms with E-state index in [1.54, 1.807) is 6.92 Å². The molecule has 6 aromatic rings. The molecule has 48 heteroatoms. The Kier molecular flexibility index (Phi) is 44.1. The Bertz CT molecular complexity index is 6430. The van der Waals surface area contributed by atoms with Crippen LogP contribution in [-0.2, 0) is 68.7 Å². The minimum absolute atomic E-state index is 0.0854. The Labute approximate surface area is 824 Å². The van der Waals surface area contributed by atoms with Crippen molar-refractivity contribution in [3.63, 3.8) is 0 Å². The van der Waals surface area contributed by atoms with E-state index in [0.29, 0.717) is 58.2 Å². The fraction of sp³-hybridized carbons (Fsp3) is 0.638. The number of rotatable bonds is 33. The predicted octanol–water partition coefficient (Wildman–Crippen LogP) is -0.151. The van der Waals surface area contributed by atoms with Gasteiger partial charge in [0, 0.05) is 83.7 Å². The Balaban J connectivity index is 0.000000231. The van der Waals surface area contributed by atoms with Crippen LogP contribution in [0.15, 0.2) is 114 Å². The number of H-pyrrole nitrogens is 5. The van der Waals surface area contributed by atoms with Gasteiger partial charge in [-0.1, -0.05) is 32.9 Å². The third-order valence-corrected chi connectivity index (χ3v) is 33.6. The minimum atomic E-state index is -1.29. The number of ether oxygens (including phenoxy) is 6. The number of hydrogen-bond donors (Lipinski definition) is 17. The summed E-state index contributed by atoms with van der Waals surface area (Å²) in [5.74, 6) is 0. The summed E-state index contributed by atoms with van der Waals surface area (Å²) < 4.78 is 43.3. The molecule has 6 fully saturated rings. The van der Waals surface area contributed by atoms with E-state index in [1.165, 1.54) is 86.4 Å². The van der Waals surface area contributed by atoms with Gasteiger partial charge >= 0.3 is 34.1 Å². The van der Waals surface area contributed by atoms with Crippen molar-refractivity contribution < 1.29 is 89.7 Å². The van der Waals surface area contributed by atoms with Crippen LogP contribution in [-0.4, -0.2) is 383 Å². The van der Waals surface area contributed by atoms with Gasteiger partial charge in [0.2, 0.25) is 0 Å². The Hall–Kier alpha value is -7.36. The summed E-state index contributed by atoms with van der Waals surface area (Å²) >= 11 is 0. The number of aliphatic hydroxyl groups is 12. The smallest absolute Gasteiger partial charge is 0.332 e. The summed E-state index contributed by atoms with van der Waals surface area (Å²) in [5, 5.41) is 123. The molecular weight excluding hydrogens is 1960 g/mol. The largest absolute Gasteiger partial charge is 0.388 e. The lowest BCUT2D eigenvalue weighted by Crippen LogP contribution is -2.40. The molecule has 12 heterocycles. The van der Waals surface area contributed by atoms with Gasteiger partial charge in [0.25, 0.3) is 33.4 Å². The monoisotopic (exact) mass is 2120 g/mol. The van der Waals surface area contributed by atoms with Gasteiger partial charge in [0.15, 0.2) is 0 Å². The molecule has 6 aliphatic rings. The maximum atomic E-state index is 12.3. The average molecular weight is 2120 g/mol. The van der Waals surface area contributed by atoms with E-state index in [-0.39, 0.29) is 39.9 Å². The molecule has 6 aliphatic heterocycles. The Morgan fingerprint density at radius 3 is 0.810 bits per heavy atom. The van der Waals surface area contributed by atoms with Gasteiger partial charge in [-0.2, -0.15) is 0 Å². The summed E-state index contributed by atoms with van der Waals surface area (Å²) in [6, 6.07) is 0. The fourth-order valence-corrected chi connectivity index (χ4v) is 22.2. The van der Waals surface area contributed by atoms with Crippen molar-refractivity contribution in [3.8, 4) is 0 Å². The van der Waals surface area contributed by atoms with E-state index in [9.17, 15) is 119 Å². The van der Waals surface area contributed by atoms with Crippen molar-refractivity contribution in [1.29, 1.82) is 0 Å². The molecule has 24 atom stereocenters. The van der Waals surface area contributed by atoms with Crippen molar-refractivity contribution in [2.45, 2.75) is 251 Å². The fourth-order valence-electron chi connectivity index (χ4n) is 16.5. The number of aryl methyl sites for hydroxylation is 4. The summed E-state index contributed by atoms with van der Waals surface area (Å²) in [5.41, 5.74) is -5.78. The molecule has 0 aliphatic carbocycles. The van der Waals surface area contributed by atoms with Gasteiger partial charge in [-0.15, -0.1) is 85.7 Å². The number of allylic oxidation sites excluding steroid dienone is 1. The average Bonchev–Trinajstić information content (AvgIpc) is 1.59. The van der Waals surface area contributed by atoms with Gasteiger partial charge in [-0.25, -0.2) is 28.8 Å². The maximum Gasteiger partial charge on any atom is 0.332 e. The van der Waals surface area contributed by atoms with Crippen molar-refractivity contribution in [3.05, 3.63) is 215 Å². The minimum Gasteiger partial charge on any atom is -0.388 e. The molecule has 42 nitrogen and oxygen atoms in total. The van der Waals surface area contributed by atoms with Gasteiger partial charge in [-0.05, 0) is 175 Å². The quantitative estimate of drug-likeness (QED) is 0.0188. The Morgan fingerprint density at radius 1 is 0.317 bits per heavy atom. The van der Waals surface area contributed by atoms with Gasteiger partial charge in [0.05, 0.1) is 70.0 Å². The van der Waals surface area contributed by atoms with Gasteiger partial charge < -0.3 is 108 Å². The lowest BCUT2D eigenvalue weighted by molar-refractivity contribution is 0.00476. The molecular formula is C94H154N12O30P6. The van der Waals surface area contributed by atoms with E-state index in [4.69, 9.17) is 28.4 Å². The molecule has 6 unspecified atom stereocenters. The standard InChI is InChI=1S/C17H29N2O5P.C16H27N2O5P.C16H25N2O5P.2C15H25N2O5P.C15H23N2O5P/c1-5-6-8-19-10-11(16(22)18-17(19)23)15-14(21)13(20)12(24-15)7-9-25(2,3)4;2*1-5-7-18-9-10(15(21)17-16(18)22)14-13(20)12(19)11(23-14)6-8-24(2,3)4;1-16-8-9(14(20)17(2)15(16)21)13-12(19)11(18)10(22-13)6-7-23(3,4)5;2*1-5-17-8-9(14(20)16-15(17)21)13-12(19)11(18)10(22-13)6-7-23(2,3)4/h10,12-15,20-21H,2,5-9H2,1,3-4H3,(H,18,22,23);9,11-14,19-20H,2,5-8H2,1,3-4H3,(H,17,21,22);5,9,11-14,19-20H,1-2,6-8H2,3-4H3,(H,17,21,22);8,10-13,18-19H,3,6-7H2,1-2,4-5H3;8,10-13,18-19H,2,5-7H2,1,3-4H3,(H,16,20,21);5,8,10-13,18-19H,1-2,6-7H2,3-4H3,(H,16,20,21)/t12-,13-,14-,15?;2*11-,12-,13-,14?;3*10-,11-,12-,13?/m111111/s1. The molecule has 0 amide bonds. The van der Waals surface area contributed by atoms with E-state index in [2.05, 4.69) is 156 Å². The topological polar surface area (TPSA) is 616 Å². The number of unbranched alkanes of at least 4 members (excludes halogenated alkanes) is 1. The first-order valence-electron chi connectivity index (χ1n) is 47.1. The predicted molar refractivity (Wildman–Crippen MR) is 571 cm³/mol. The van der Waals surface area contributed by atoms with Crippen molar-refractivity contribution >= 4 is 85.3 Å². The highest BCUT2D eigenvalue weighted by atomic mass is 31.2. The SMILES string of the molecule is C=CCn1cc(C2O[C@H](CCP(=C)(C)C)[C@@H](O)[C@H]2O)c(=O)[nH]c1=O.C=Cn1cc(C2O[C@H](CCP(=C)(C)C)[C@@H](O)[C@H]2O)c(=O)[nH]c1=O.C=P(C)(C)CC[C@H]1OC(c2cn(C)c(=O)n(C)c2=O)[C@H](O)[C@@H]1O.C=P(C)(C)CC[C@H]1OC(c2cn(CC)c(=O)[nH]c2=O)[C@H](O)[C@@H]1O.C=P(C)(C)CC[C@H]1OC(c2cn(CCC)c(=O)[nH]c2=O)[C@H](O)[C@@H]1O.C=P(C)(C)CC[C@H]1OC(c2cn(CCCC)c(=O)[nH]c2=O)[C@H](O)[C@@H]1O. The molecule has 6 aromatic heterocycles. The number of nitrogens with one attached hydrogen (secondary N) is 5. The molecule has 142 heavy (non-hydrogen) atoms. The summed E-state index contributed by atoms with van der Waals surface area (Å²) in [6.45, 7) is 31.6. The van der Waals surface area contributed by atoms with E-state index in [0.717, 1.165) is 65.4 Å². The molecule has 6 saturated heterocycles. The Morgan fingerprint density at radius 2 is 0.556 bits per heavy atom. The second kappa shape index (κ2) is 51.5. The first kappa shape index (κ1) is 122. The van der Waals surface area contributed by atoms with Crippen LogP contribution in [0.4, 0.5) is 0 Å². The number of nitrogens with zero attached hydrogens (tertiary/aromatic N) is 7. The van der Waals surface area contributed by atoms with Crippen LogP contribution in [0, 0.1) is 0 Å². The van der Waals surface area contributed by atoms with Crippen LogP contribution in [0.25, 0.3) is 6.20 Å². The first-order valence-corrected chi connectivity index (χ1v) is 65.4. The van der Waals surface area contributed by atoms with Crippen molar-refractivity contribution in [1.82, 2.24) is 56.9 Å². The summed E-state index contributed by atoms with van der Waals surface area (Å²) in [6.07, 6.45) is 23.8. The van der Waals surface area contributed by atoms with Crippen molar-refractivity contribution in [2.75, 3.05) is 117 Å². The van der Waals surface area contributed by atoms with Gasteiger partial charge in [0.1, 0.15) is 110 Å². The normalized spacial score (nSPS) is 27.7. The second-order valence-electron chi connectivity index (χ2n) is 41.3. The van der Waals surface area contributed by atoms with E-state index >= 15 is 0 Å². The number of aromatic nitrogens is 12. The lowest BCUT2D eigenvalue weighted by Gasteiger charge is -2.18. The van der Waals surface area contributed by atoms with Crippen molar-refractivity contribution in [2.24, 2.45) is 14.1 Å². The number of aromatic amines is 5. The van der Waals surface area contributed by atoms with Gasteiger partial charge in [-0.3, -0.25) is 67.4 Å². The zero-order chi connectivity index (χ0) is 107. The van der Waals surface area contributed by atoms with Crippen LogP contribution in [0.5, 0.6) is 0 Å². The van der Waals surface area contributed by atoms with Crippen LogP contribution in [0.3, 0.4) is 0 Å². The molecule has 0 spiro atoms. The van der Waals surface area contributed by atoms with Crippen LogP contribution in [0.1, 0.15) is 149 Å². The van der Waals surface area contributed by atoms with E-state index < -0.39 is 255 Å². The molecule has 0 radical (unpaired) electrons. The molecule has 0 saturated carbocycles. The number of hydrogen-bond acceptors (Lipinski definition) is 30. The first-order chi connectivity index (χ1) is 65.7. The zero-order valence-electron chi connectivity index (χ0n) is 84.6. The highest BCUT2D eigenvalue weighted by molar-refractivity contribution is 7.73. The maximum absolute atomic E-state index is 12.3. The van der Waals surface area contributed by atoms with Crippen LogP contribution in [0.2, 0.25) is 0 Å². The third kappa shape index (κ3) is 33.3. The van der Waals surface area contributed by atoms with E-state index in [1.807, 2.05) is 13.8 Å². The van der Waals surface area contributed by atoms with Crippen LogP contribution >= 0.6 is 41.3 Å².